The number of nitriles is 1. The monoisotopic (exact) mass is 707 g/mol. The lowest BCUT2D eigenvalue weighted by atomic mass is 9.95. The van der Waals surface area contributed by atoms with Gasteiger partial charge in [0, 0.05) is 15.7 Å². The van der Waals surface area contributed by atoms with Gasteiger partial charge in [-0.1, -0.05) is 34.1 Å². The van der Waals surface area contributed by atoms with Gasteiger partial charge in [-0.3, -0.25) is 5.43 Å². The molecule has 3 aromatic rings. The van der Waals surface area contributed by atoms with E-state index in [9.17, 15) is 14.7 Å². The zero-order chi connectivity index (χ0) is 33.9. The minimum atomic E-state index is -1.21. The van der Waals surface area contributed by atoms with Gasteiger partial charge in [-0.25, -0.2) is 9.59 Å². The van der Waals surface area contributed by atoms with Crippen molar-refractivity contribution < 1.29 is 38.4 Å². The summed E-state index contributed by atoms with van der Waals surface area (Å²) in [5.74, 6) is 0.998. The Balaban J connectivity index is 1.44. The molecule has 13 nitrogen and oxygen atoms in total. The van der Waals surface area contributed by atoms with Crippen molar-refractivity contribution in [3.05, 3.63) is 92.6 Å². The fourth-order valence-corrected chi connectivity index (χ4v) is 5.09. The molecule has 0 radical (unpaired) electrons. The Labute approximate surface area is 280 Å². The Morgan fingerprint density at radius 1 is 1.11 bits per heavy atom. The van der Waals surface area contributed by atoms with Crippen LogP contribution in [0.5, 0.6) is 23.0 Å². The fourth-order valence-electron chi connectivity index (χ4n) is 4.64. The summed E-state index contributed by atoms with van der Waals surface area (Å²) in [6.45, 7) is 3.76. The Morgan fingerprint density at radius 2 is 1.87 bits per heavy atom. The number of amides is 2. The van der Waals surface area contributed by atoms with Crippen molar-refractivity contribution in [2.75, 3.05) is 27.4 Å². The van der Waals surface area contributed by atoms with E-state index in [1.807, 2.05) is 12.1 Å². The topological polar surface area (TPSA) is 173 Å². The molecule has 2 atom stereocenters. The van der Waals surface area contributed by atoms with E-state index in [1.165, 1.54) is 20.4 Å². The first-order valence-corrected chi connectivity index (χ1v) is 15.2. The number of hydrazone groups is 1. The van der Waals surface area contributed by atoms with E-state index in [0.29, 0.717) is 52.0 Å². The summed E-state index contributed by atoms with van der Waals surface area (Å²) in [5, 5.41) is 29.1. The summed E-state index contributed by atoms with van der Waals surface area (Å²) < 4.78 is 28.8. The van der Waals surface area contributed by atoms with Crippen LogP contribution in [0.1, 0.15) is 42.1 Å². The summed E-state index contributed by atoms with van der Waals surface area (Å²) in [5.41, 5.74) is 5.81. The van der Waals surface area contributed by atoms with Gasteiger partial charge in [-0.05, 0) is 61.4 Å². The predicted octanol–water partition coefficient (Wildman–Crippen LogP) is 4.43. The summed E-state index contributed by atoms with van der Waals surface area (Å²) in [4.78, 5) is 24.7. The number of nitrogens with zero attached hydrogens (tertiary/aromatic N) is 2. The van der Waals surface area contributed by atoms with Crippen LogP contribution in [0.3, 0.4) is 0 Å². The highest BCUT2D eigenvalue weighted by molar-refractivity contribution is 9.10. The van der Waals surface area contributed by atoms with Crippen LogP contribution in [-0.4, -0.2) is 57.0 Å². The first-order chi connectivity index (χ1) is 22.7. The molecule has 2 amide bonds. The lowest BCUT2D eigenvalue weighted by Gasteiger charge is -2.28. The van der Waals surface area contributed by atoms with Crippen LogP contribution in [0.15, 0.2) is 75.4 Å². The van der Waals surface area contributed by atoms with Crippen molar-refractivity contribution >= 4 is 34.1 Å². The number of carbonyl (C=O) groups is 2. The molecule has 0 bridgehead atoms. The molecule has 0 aliphatic carbocycles. The molecule has 0 spiro atoms. The normalized spacial score (nSPS) is 14.8. The summed E-state index contributed by atoms with van der Waals surface area (Å²) in [7, 11) is 2.79. The van der Waals surface area contributed by atoms with Crippen LogP contribution in [0.25, 0.3) is 0 Å². The van der Waals surface area contributed by atoms with E-state index in [-0.39, 0.29) is 18.8 Å². The molecule has 0 fully saturated rings. The second-order valence-corrected chi connectivity index (χ2v) is 11.0. The first kappa shape index (κ1) is 34.6. The standard InChI is InChI=1S/C33H34BrN5O8/c1-5-45-26-13-22(30-29(32(41)44-4)19(2)37-33(42)38-30)10-11-25(26)46-18-28(40)39-36-16-23-12-24(34)14-27(43-3)31(23)47-17-21-8-6-20(15-35)7-9-21/h6-14,16,28,30,39-40H,5,17-18H2,1-4H3,(H2,37,38,42)/b36-16+/t28-,30+/m1/s1. The summed E-state index contributed by atoms with van der Waals surface area (Å²) >= 11 is 3.46. The molecule has 47 heavy (non-hydrogen) atoms. The zero-order valence-electron chi connectivity index (χ0n) is 26.1. The Bertz CT molecular complexity index is 1700. The Kier molecular flexibility index (Phi) is 12.0. The summed E-state index contributed by atoms with van der Waals surface area (Å²) in [6, 6.07) is 16.4. The number of hydrogen-bond acceptors (Lipinski definition) is 11. The van der Waals surface area contributed by atoms with E-state index in [1.54, 1.807) is 56.3 Å². The number of benzene rings is 3. The molecule has 3 aromatic carbocycles. The molecule has 246 valence electrons. The van der Waals surface area contributed by atoms with Crippen molar-refractivity contribution in [2.24, 2.45) is 5.10 Å². The fraction of sp³-hybridized carbons (Fsp3) is 0.273. The third-order valence-corrected chi connectivity index (χ3v) is 7.29. The number of aliphatic hydroxyl groups excluding tert-OH is 1. The molecule has 1 aliphatic rings. The number of nitrogens with one attached hydrogen (secondary N) is 3. The molecule has 1 heterocycles. The van der Waals surface area contributed by atoms with Gasteiger partial charge in [0.15, 0.2) is 29.2 Å². The lowest BCUT2D eigenvalue weighted by molar-refractivity contribution is -0.136. The van der Waals surface area contributed by atoms with E-state index < -0.39 is 24.3 Å². The maximum atomic E-state index is 12.5. The highest BCUT2D eigenvalue weighted by Crippen LogP contribution is 2.36. The number of hydrogen-bond donors (Lipinski definition) is 4. The van der Waals surface area contributed by atoms with Gasteiger partial charge in [0.1, 0.15) is 13.2 Å². The van der Waals surface area contributed by atoms with Gasteiger partial charge < -0.3 is 39.4 Å². The first-order valence-electron chi connectivity index (χ1n) is 14.4. The maximum Gasteiger partial charge on any atom is 0.337 e. The smallest absolute Gasteiger partial charge is 0.337 e. The van der Waals surface area contributed by atoms with Crippen LogP contribution < -0.4 is 35.0 Å². The van der Waals surface area contributed by atoms with E-state index in [2.05, 4.69) is 43.2 Å². The number of halogens is 1. The Hall–Kier alpha value is -5.26. The van der Waals surface area contributed by atoms with Gasteiger partial charge in [0.05, 0.1) is 50.3 Å². The molecular formula is C33H34BrN5O8. The average Bonchev–Trinajstić information content (AvgIpc) is 3.06. The van der Waals surface area contributed by atoms with Gasteiger partial charge in [-0.2, -0.15) is 10.4 Å². The van der Waals surface area contributed by atoms with Gasteiger partial charge in [0.2, 0.25) is 0 Å². The van der Waals surface area contributed by atoms with Crippen molar-refractivity contribution in [3.63, 3.8) is 0 Å². The van der Waals surface area contributed by atoms with Gasteiger partial charge in [0.25, 0.3) is 0 Å². The number of methoxy groups -OCH3 is 2. The average molecular weight is 709 g/mol. The molecule has 0 saturated heterocycles. The number of allylic oxidation sites excluding steroid dienone is 1. The van der Waals surface area contributed by atoms with Crippen molar-refractivity contribution in [1.29, 1.82) is 5.26 Å². The molecule has 4 rings (SSSR count). The largest absolute Gasteiger partial charge is 0.493 e. The molecule has 0 saturated carbocycles. The minimum Gasteiger partial charge on any atom is -0.493 e. The van der Waals surface area contributed by atoms with Gasteiger partial charge in [-0.15, -0.1) is 0 Å². The molecular weight excluding hydrogens is 674 g/mol. The van der Waals surface area contributed by atoms with E-state index >= 15 is 0 Å². The zero-order valence-corrected chi connectivity index (χ0v) is 27.7. The van der Waals surface area contributed by atoms with E-state index in [4.69, 9.17) is 28.9 Å². The molecule has 4 N–H and O–H groups in total. The van der Waals surface area contributed by atoms with E-state index in [0.717, 1.165) is 10.0 Å². The number of ether oxygens (including phenoxy) is 5. The molecule has 0 unspecified atom stereocenters. The van der Waals surface area contributed by atoms with Gasteiger partial charge >= 0.3 is 12.0 Å². The lowest BCUT2D eigenvalue weighted by Crippen LogP contribution is -2.45. The van der Waals surface area contributed by atoms with Crippen molar-refractivity contribution in [1.82, 2.24) is 16.1 Å². The number of esters is 1. The predicted molar refractivity (Wildman–Crippen MR) is 175 cm³/mol. The second kappa shape index (κ2) is 16.3. The minimum absolute atomic E-state index is 0.197. The van der Waals surface area contributed by atoms with Crippen LogP contribution in [0.2, 0.25) is 0 Å². The molecule has 1 aliphatic heterocycles. The van der Waals surface area contributed by atoms with Crippen LogP contribution in [0, 0.1) is 11.3 Å². The number of carbonyl (C=O) groups excluding carboxylic acids is 2. The Morgan fingerprint density at radius 3 is 2.55 bits per heavy atom. The summed E-state index contributed by atoms with van der Waals surface area (Å²) in [6.07, 6.45) is 0.268. The third kappa shape index (κ3) is 8.93. The molecule has 14 heteroatoms. The highest BCUT2D eigenvalue weighted by atomic mass is 79.9. The highest BCUT2D eigenvalue weighted by Gasteiger charge is 2.32. The number of aliphatic hydroxyl groups is 1. The SMILES string of the molecule is CCOc1cc([C@@H]2NC(=O)NC(C)=C2C(=O)OC)ccc1OC[C@@H](O)N/N=C/c1cc(Br)cc(OC)c1OCc1ccc(C#N)cc1. The van der Waals surface area contributed by atoms with Crippen LogP contribution in [-0.2, 0) is 16.1 Å². The maximum absolute atomic E-state index is 12.5. The second-order valence-electron chi connectivity index (χ2n) is 10.0. The third-order valence-electron chi connectivity index (χ3n) is 6.83. The van der Waals surface area contributed by atoms with Crippen molar-refractivity contribution in [3.8, 4) is 29.1 Å². The molecule has 0 aromatic heterocycles. The van der Waals surface area contributed by atoms with Crippen molar-refractivity contribution in [2.45, 2.75) is 32.7 Å². The number of rotatable bonds is 14. The number of urea groups is 1. The quantitative estimate of drug-likeness (QED) is 0.0813. The van der Waals surface area contributed by atoms with Crippen LogP contribution >= 0.6 is 15.9 Å². The van der Waals surface area contributed by atoms with Crippen LogP contribution in [0.4, 0.5) is 4.79 Å².